The summed E-state index contributed by atoms with van der Waals surface area (Å²) in [6, 6.07) is 7.03. The molecule has 2 saturated heterocycles. The Labute approximate surface area is 200 Å². The Balaban J connectivity index is 1.44. The SMILES string of the molecule is CC(C)(C)OC(=O)N1CCN2C(=O)N(c3ccc(Oc4c(F)cc(C(=O)O)cc4F)cc3)CC2C1. The number of carbonyl (C=O) groups excluding carboxylic acids is 2. The molecule has 2 aliphatic rings. The summed E-state index contributed by atoms with van der Waals surface area (Å²) in [6.07, 6.45) is -0.416. The van der Waals surface area contributed by atoms with Crippen molar-refractivity contribution in [3.05, 3.63) is 53.6 Å². The quantitative estimate of drug-likeness (QED) is 0.687. The van der Waals surface area contributed by atoms with E-state index in [-0.39, 0.29) is 17.8 Å². The zero-order chi connectivity index (χ0) is 25.5. The van der Waals surface area contributed by atoms with Crippen LogP contribution < -0.4 is 9.64 Å². The van der Waals surface area contributed by atoms with Crippen LogP contribution in [0.4, 0.5) is 24.1 Å². The fourth-order valence-corrected chi connectivity index (χ4v) is 4.01. The lowest BCUT2D eigenvalue weighted by atomic mass is 10.2. The van der Waals surface area contributed by atoms with Crippen molar-refractivity contribution in [1.29, 1.82) is 0 Å². The molecule has 0 bridgehead atoms. The lowest BCUT2D eigenvalue weighted by Gasteiger charge is -2.36. The molecule has 0 spiro atoms. The molecule has 3 amide bonds. The van der Waals surface area contributed by atoms with Gasteiger partial charge in [0, 0.05) is 31.9 Å². The number of nitrogens with zero attached hydrogens (tertiary/aromatic N) is 3. The molecule has 1 N–H and O–H groups in total. The molecule has 9 nitrogen and oxygen atoms in total. The molecule has 1 unspecified atom stereocenters. The number of carbonyl (C=O) groups is 3. The van der Waals surface area contributed by atoms with E-state index in [1.807, 2.05) is 0 Å². The average Bonchev–Trinajstić information content (AvgIpc) is 3.11. The molecule has 2 aromatic carbocycles. The highest BCUT2D eigenvalue weighted by Gasteiger charge is 2.42. The lowest BCUT2D eigenvalue weighted by molar-refractivity contribution is 0.0128. The van der Waals surface area contributed by atoms with Crippen LogP contribution >= 0.6 is 0 Å². The summed E-state index contributed by atoms with van der Waals surface area (Å²) < 4.78 is 39.0. The fourth-order valence-electron chi connectivity index (χ4n) is 4.01. The Morgan fingerprint density at radius 2 is 1.66 bits per heavy atom. The first kappa shape index (κ1) is 24.2. The number of rotatable bonds is 4. The average molecular weight is 489 g/mol. The van der Waals surface area contributed by atoms with Gasteiger partial charge in [-0.2, -0.15) is 0 Å². The first-order chi connectivity index (χ1) is 16.4. The van der Waals surface area contributed by atoms with Crippen molar-refractivity contribution in [3.63, 3.8) is 0 Å². The third-order valence-corrected chi connectivity index (χ3v) is 5.62. The van der Waals surface area contributed by atoms with Crippen LogP contribution in [0.15, 0.2) is 36.4 Å². The number of halogens is 2. The van der Waals surface area contributed by atoms with Crippen molar-refractivity contribution in [2.24, 2.45) is 0 Å². The molecule has 0 saturated carbocycles. The van der Waals surface area contributed by atoms with Gasteiger partial charge in [-0.05, 0) is 57.2 Å². The molecular formula is C24H25F2N3O6. The van der Waals surface area contributed by atoms with Gasteiger partial charge >= 0.3 is 18.1 Å². The van der Waals surface area contributed by atoms with Gasteiger partial charge in [0.15, 0.2) is 17.4 Å². The van der Waals surface area contributed by atoms with Gasteiger partial charge in [-0.15, -0.1) is 0 Å². The van der Waals surface area contributed by atoms with E-state index in [1.54, 1.807) is 47.6 Å². The Kier molecular flexibility index (Phi) is 6.27. The maximum atomic E-state index is 14.2. The summed E-state index contributed by atoms with van der Waals surface area (Å²) in [5, 5.41) is 8.90. The molecule has 35 heavy (non-hydrogen) atoms. The monoisotopic (exact) mass is 489 g/mol. The van der Waals surface area contributed by atoms with Crippen LogP contribution in [0, 0.1) is 11.6 Å². The summed E-state index contributed by atoms with van der Waals surface area (Å²) in [6.45, 7) is 6.85. The molecule has 2 aliphatic heterocycles. The van der Waals surface area contributed by atoms with E-state index >= 15 is 0 Å². The molecule has 186 valence electrons. The summed E-state index contributed by atoms with van der Waals surface area (Å²) in [5.41, 5.74) is -0.584. The van der Waals surface area contributed by atoms with Crippen molar-refractivity contribution in [3.8, 4) is 11.5 Å². The van der Waals surface area contributed by atoms with Gasteiger partial charge < -0.3 is 24.4 Å². The van der Waals surface area contributed by atoms with Crippen molar-refractivity contribution in [2.45, 2.75) is 32.4 Å². The van der Waals surface area contributed by atoms with Gasteiger partial charge in [0.1, 0.15) is 11.4 Å². The van der Waals surface area contributed by atoms with Crippen LogP contribution in [-0.2, 0) is 4.74 Å². The smallest absolute Gasteiger partial charge is 0.410 e. The molecule has 11 heteroatoms. The van der Waals surface area contributed by atoms with Crippen LogP contribution in [0.5, 0.6) is 11.5 Å². The van der Waals surface area contributed by atoms with E-state index < -0.39 is 40.6 Å². The van der Waals surface area contributed by atoms with Crippen LogP contribution in [0.1, 0.15) is 31.1 Å². The number of hydrogen-bond acceptors (Lipinski definition) is 5. The minimum Gasteiger partial charge on any atom is -0.478 e. The Hall–Kier alpha value is -3.89. The number of carboxylic acids is 1. The maximum Gasteiger partial charge on any atom is 0.410 e. The van der Waals surface area contributed by atoms with E-state index in [9.17, 15) is 23.2 Å². The van der Waals surface area contributed by atoms with E-state index in [0.29, 0.717) is 44.0 Å². The van der Waals surface area contributed by atoms with Crippen LogP contribution in [0.2, 0.25) is 0 Å². The first-order valence-electron chi connectivity index (χ1n) is 11.0. The summed E-state index contributed by atoms with van der Waals surface area (Å²) in [4.78, 5) is 41.1. The topological polar surface area (TPSA) is 99.6 Å². The van der Waals surface area contributed by atoms with Gasteiger partial charge in [-0.1, -0.05) is 0 Å². The molecule has 4 rings (SSSR count). The van der Waals surface area contributed by atoms with Crippen molar-refractivity contribution >= 4 is 23.8 Å². The number of piperazine rings is 1. The van der Waals surface area contributed by atoms with Crippen LogP contribution in [-0.4, -0.2) is 70.8 Å². The number of carboxylic acid groups (broad SMARTS) is 1. The van der Waals surface area contributed by atoms with Gasteiger partial charge in [-0.3, -0.25) is 4.90 Å². The van der Waals surface area contributed by atoms with Gasteiger partial charge in [-0.25, -0.2) is 23.2 Å². The zero-order valence-corrected chi connectivity index (χ0v) is 19.5. The number of ether oxygens (including phenoxy) is 2. The predicted octanol–water partition coefficient (Wildman–Crippen LogP) is 4.32. The van der Waals surface area contributed by atoms with Crippen molar-refractivity contribution < 1.29 is 37.7 Å². The lowest BCUT2D eigenvalue weighted by Crippen LogP contribution is -2.54. The molecule has 2 aromatic rings. The second-order valence-electron chi connectivity index (χ2n) is 9.34. The molecule has 1 atom stereocenters. The normalized spacial score (nSPS) is 17.9. The largest absolute Gasteiger partial charge is 0.478 e. The Morgan fingerprint density at radius 1 is 1.03 bits per heavy atom. The van der Waals surface area contributed by atoms with Crippen molar-refractivity contribution in [1.82, 2.24) is 9.80 Å². The van der Waals surface area contributed by atoms with Crippen molar-refractivity contribution in [2.75, 3.05) is 31.1 Å². The Bertz CT molecular complexity index is 1140. The fraction of sp³-hybridized carbons (Fsp3) is 0.375. The van der Waals surface area contributed by atoms with Gasteiger partial charge in [0.25, 0.3) is 0 Å². The van der Waals surface area contributed by atoms with E-state index in [2.05, 4.69) is 0 Å². The highest BCUT2D eigenvalue weighted by atomic mass is 19.1. The number of benzene rings is 2. The number of hydrogen-bond donors (Lipinski definition) is 1. The van der Waals surface area contributed by atoms with Crippen LogP contribution in [0.25, 0.3) is 0 Å². The molecule has 2 heterocycles. The minimum atomic E-state index is -1.46. The molecule has 0 aromatic heterocycles. The van der Waals surface area contributed by atoms with Crippen LogP contribution in [0.3, 0.4) is 0 Å². The standard InChI is InChI=1S/C24H25F2N3O6/c1-24(2,3)35-23(33)27-8-9-28-16(12-27)13-29(22(28)32)15-4-6-17(7-5-15)34-20-18(25)10-14(21(30)31)11-19(20)26/h4-7,10-11,16H,8-9,12-13H2,1-3H3,(H,30,31). The number of fused-ring (bicyclic) bond motifs is 1. The highest BCUT2D eigenvalue weighted by molar-refractivity contribution is 5.95. The maximum absolute atomic E-state index is 14.2. The number of amides is 3. The summed E-state index contributed by atoms with van der Waals surface area (Å²) >= 11 is 0. The van der Waals surface area contributed by atoms with Gasteiger partial charge in [0.05, 0.1) is 11.6 Å². The zero-order valence-electron chi connectivity index (χ0n) is 19.5. The molecule has 0 radical (unpaired) electrons. The number of anilines is 1. The summed E-state index contributed by atoms with van der Waals surface area (Å²) in [5.74, 6) is -4.37. The number of urea groups is 1. The minimum absolute atomic E-state index is 0.107. The highest BCUT2D eigenvalue weighted by Crippen LogP contribution is 2.32. The third kappa shape index (κ3) is 5.13. The van der Waals surface area contributed by atoms with Gasteiger partial charge in [0.2, 0.25) is 0 Å². The van der Waals surface area contributed by atoms with E-state index in [1.165, 1.54) is 12.1 Å². The molecular weight excluding hydrogens is 464 g/mol. The Morgan fingerprint density at radius 3 is 2.23 bits per heavy atom. The summed E-state index contributed by atoms with van der Waals surface area (Å²) in [7, 11) is 0. The van der Waals surface area contributed by atoms with E-state index in [0.717, 1.165) is 0 Å². The second-order valence-corrected chi connectivity index (χ2v) is 9.34. The predicted molar refractivity (Wildman–Crippen MR) is 121 cm³/mol. The number of aromatic carboxylic acids is 1. The third-order valence-electron chi connectivity index (χ3n) is 5.62. The molecule has 2 fully saturated rings. The second kappa shape index (κ2) is 9.05. The first-order valence-corrected chi connectivity index (χ1v) is 11.0. The molecule has 0 aliphatic carbocycles. The van der Waals surface area contributed by atoms with E-state index in [4.69, 9.17) is 14.6 Å².